The van der Waals surface area contributed by atoms with Crippen molar-refractivity contribution in [1.29, 1.82) is 0 Å². The van der Waals surface area contributed by atoms with Gasteiger partial charge in [-0.1, -0.05) is 23.7 Å². The van der Waals surface area contributed by atoms with Crippen LogP contribution in [0.15, 0.2) is 42.5 Å². The molecule has 0 fully saturated rings. The third-order valence-corrected chi connectivity index (χ3v) is 2.97. The Bertz CT molecular complexity index is 631. The Morgan fingerprint density at radius 1 is 1.20 bits per heavy atom. The maximum Gasteiger partial charge on any atom is 0.243 e. The molecule has 0 aliphatic carbocycles. The number of hydrogen-bond acceptors (Lipinski definition) is 2. The van der Waals surface area contributed by atoms with Crippen molar-refractivity contribution >= 4 is 28.9 Å². The van der Waals surface area contributed by atoms with Gasteiger partial charge in [0.25, 0.3) is 0 Å². The summed E-state index contributed by atoms with van der Waals surface area (Å²) in [6.07, 6.45) is 0. The Balaban J connectivity index is 1.91. The van der Waals surface area contributed by atoms with Crippen molar-refractivity contribution in [3.05, 3.63) is 58.9 Å². The van der Waals surface area contributed by atoms with Crippen LogP contribution in [0.1, 0.15) is 5.56 Å². The predicted molar refractivity (Wildman–Crippen MR) is 79.7 cm³/mol. The maximum absolute atomic E-state index is 13.3. The second-order valence-corrected chi connectivity index (χ2v) is 4.81. The van der Waals surface area contributed by atoms with Gasteiger partial charge in [-0.3, -0.25) is 4.79 Å². The van der Waals surface area contributed by atoms with Crippen LogP contribution in [-0.4, -0.2) is 12.5 Å². The van der Waals surface area contributed by atoms with Gasteiger partial charge < -0.3 is 10.6 Å². The lowest BCUT2D eigenvalue weighted by atomic mass is 10.2. The molecule has 0 spiro atoms. The number of amides is 1. The van der Waals surface area contributed by atoms with E-state index in [1.807, 2.05) is 6.07 Å². The summed E-state index contributed by atoms with van der Waals surface area (Å²) in [5.74, 6) is -0.598. The highest BCUT2D eigenvalue weighted by Gasteiger charge is 2.04. The number of aryl methyl sites for hydroxylation is 1. The molecule has 2 rings (SSSR count). The van der Waals surface area contributed by atoms with Crippen molar-refractivity contribution in [1.82, 2.24) is 0 Å². The van der Waals surface area contributed by atoms with E-state index in [0.717, 1.165) is 5.69 Å². The number of carbonyl (C=O) groups excluding carboxylic acids is 1. The molecule has 2 aromatic rings. The largest absolute Gasteiger partial charge is 0.376 e. The van der Waals surface area contributed by atoms with Gasteiger partial charge in [0.15, 0.2) is 0 Å². The first-order chi connectivity index (χ1) is 9.54. The minimum absolute atomic E-state index is 0.0792. The molecule has 0 saturated heterocycles. The Labute approximate surface area is 121 Å². The predicted octanol–water partition coefficient (Wildman–Crippen LogP) is 3.84. The van der Waals surface area contributed by atoms with Crippen LogP contribution in [0, 0.1) is 12.7 Å². The van der Waals surface area contributed by atoms with Crippen molar-refractivity contribution in [2.75, 3.05) is 17.2 Å². The summed E-state index contributed by atoms with van der Waals surface area (Å²) in [4.78, 5) is 11.7. The van der Waals surface area contributed by atoms with Crippen molar-refractivity contribution in [3.8, 4) is 0 Å². The molecule has 3 nitrogen and oxygen atoms in total. The fraction of sp³-hybridized carbons (Fsp3) is 0.133. The zero-order chi connectivity index (χ0) is 14.5. The van der Waals surface area contributed by atoms with E-state index in [0.29, 0.717) is 16.3 Å². The lowest BCUT2D eigenvalue weighted by molar-refractivity contribution is -0.114. The van der Waals surface area contributed by atoms with E-state index in [1.54, 1.807) is 37.3 Å². The lowest BCUT2D eigenvalue weighted by Gasteiger charge is -2.08. The van der Waals surface area contributed by atoms with E-state index in [4.69, 9.17) is 11.6 Å². The van der Waals surface area contributed by atoms with Gasteiger partial charge >= 0.3 is 0 Å². The molecule has 0 aromatic heterocycles. The normalized spacial score (nSPS) is 10.2. The number of benzene rings is 2. The van der Waals surface area contributed by atoms with Gasteiger partial charge in [0, 0.05) is 16.4 Å². The van der Waals surface area contributed by atoms with Gasteiger partial charge in [-0.05, 0) is 42.8 Å². The molecule has 0 unspecified atom stereocenters. The van der Waals surface area contributed by atoms with E-state index in [-0.39, 0.29) is 18.3 Å². The second kappa shape index (κ2) is 6.39. The highest BCUT2D eigenvalue weighted by Crippen LogP contribution is 2.15. The molecule has 20 heavy (non-hydrogen) atoms. The van der Waals surface area contributed by atoms with Crippen LogP contribution in [0.2, 0.25) is 5.02 Å². The third-order valence-electron chi connectivity index (χ3n) is 2.73. The minimum atomic E-state index is -0.342. The van der Waals surface area contributed by atoms with Crippen LogP contribution in [0.25, 0.3) is 0 Å². The van der Waals surface area contributed by atoms with Crippen LogP contribution in [0.4, 0.5) is 15.8 Å². The Morgan fingerprint density at radius 3 is 2.70 bits per heavy atom. The molecule has 0 saturated carbocycles. The molecule has 2 N–H and O–H groups in total. The number of nitrogens with one attached hydrogen (secondary N) is 2. The van der Waals surface area contributed by atoms with Crippen molar-refractivity contribution < 1.29 is 9.18 Å². The summed E-state index contributed by atoms with van der Waals surface area (Å²) in [6, 6.07) is 11.7. The van der Waals surface area contributed by atoms with Crippen molar-refractivity contribution in [2.45, 2.75) is 6.92 Å². The Kier molecular flexibility index (Phi) is 4.58. The van der Waals surface area contributed by atoms with Gasteiger partial charge in [-0.25, -0.2) is 4.39 Å². The topological polar surface area (TPSA) is 41.1 Å². The van der Waals surface area contributed by atoms with Gasteiger partial charge in [0.2, 0.25) is 5.91 Å². The summed E-state index contributed by atoms with van der Waals surface area (Å²) >= 11 is 5.84. The zero-order valence-electron chi connectivity index (χ0n) is 10.9. The standard InChI is InChI=1S/C15H14ClFN2O/c1-10-5-6-13(8-14(10)17)19-15(20)9-18-12-4-2-3-11(16)7-12/h2-8,18H,9H2,1H3,(H,19,20). The first kappa shape index (κ1) is 14.3. The van der Waals surface area contributed by atoms with E-state index in [1.165, 1.54) is 6.07 Å². The number of carbonyl (C=O) groups is 1. The van der Waals surface area contributed by atoms with Gasteiger partial charge in [-0.2, -0.15) is 0 Å². The monoisotopic (exact) mass is 292 g/mol. The SMILES string of the molecule is Cc1ccc(NC(=O)CNc2cccc(Cl)c2)cc1F. The first-order valence-corrected chi connectivity index (χ1v) is 6.48. The third kappa shape index (κ3) is 3.96. The molecule has 0 atom stereocenters. The molecule has 0 heterocycles. The van der Waals surface area contributed by atoms with Crippen LogP contribution in [0.5, 0.6) is 0 Å². The smallest absolute Gasteiger partial charge is 0.243 e. The lowest BCUT2D eigenvalue weighted by Crippen LogP contribution is -2.21. The van der Waals surface area contributed by atoms with Crippen molar-refractivity contribution in [3.63, 3.8) is 0 Å². The van der Waals surface area contributed by atoms with Crippen LogP contribution < -0.4 is 10.6 Å². The van der Waals surface area contributed by atoms with E-state index >= 15 is 0 Å². The van der Waals surface area contributed by atoms with Crippen LogP contribution in [-0.2, 0) is 4.79 Å². The number of rotatable bonds is 4. The summed E-state index contributed by atoms with van der Waals surface area (Å²) in [6.45, 7) is 1.75. The molecule has 5 heteroatoms. The van der Waals surface area contributed by atoms with Crippen LogP contribution >= 0.6 is 11.6 Å². The van der Waals surface area contributed by atoms with E-state index in [2.05, 4.69) is 10.6 Å². The molecule has 0 aliphatic heterocycles. The Morgan fingerprint density at radius 2 is 2.00 bits per heavy atom. The number of hydrogen-bond donors (Lipinski definition) is 2. The number of halogens is 2. The molecule has 0 radical (unpaired) electrons. The summed E-state index contributed by atoms with van der Waals surface area (Å²) < 4.78 is 13.3. The second-order valence-electron chi connectivity index (χ2n) is 4.38. The van der Waals surface area contributed by atoms with Crippen molar-refractivity contribution in [2.24, 2.45) is 0 Å². The van der Waals surface area contributed by atoms with Gasteiger partial charge in [-0.15, -0.1) is 0 Å². The summed E-state index contributed by atoms with van der Waals surface area (Å²) in [5, 5.41) is 6.16. The maximum atomic E-state index is 13.3. The molecular formula is C15H14ClFN2O. The average Bonchev–Trinajstić information content (AvgIpc) is 2.41. The molecule has 1 amide bonds. The summed E-state index contributed by atoms with van der Waals surface area (Å²) in [7, 11) is 0. The molecular weight excluding hydrogens is 279 g/mol. The van der Waals surface area contributed by atoms with Crippen LogP contribution in [0.3, 0.4) is 0 Å². The zero-order valence-corrected chi connectivity index (χ0v) is 11.7. The Hall–Kier alpha value is -2.07. The fourth-order valence-corrected chi connectivity index (χ4v) is 1.85. The molecule has 2 aromatic carbocycles. The average molecular weight is 293 g/mol. The summed E-state index contributed by atoms with van der Waals surface area (Å²) in [5.41, 5.74) is 1.73. The minimum Gasteiger partial charge on any atom is -0.376 e. The van der Waals surface area contributed by atoms with Gasteiger partial charge in [0.1, 0.15) is 5.82 Å². The first-order valence-electron chi connectivity index (χ1n) is 6.10. The number of anilines is 2. The van der Waals surface area contributed by atoms with E-state index in [9.17, 15) is 9.18 Å². The highest BCUT2D eigenvalue weighted by atomic mass is 35.5. The molecule has 104 valence electrons. The highest BCUT2D eigenvalue weighted by molar-refractivity contribution is 6.30. The fourth-order valence-electron chi connectivity index (χ4n) is 1.66. The molecule has 0 bridgehead atoms. The molecule has 0 aliphatic rings. The van der Waals surface area contributed by atoms with E-state index < -0.39 is 0 Å². The quantitative estimate of drug-likeness (QED) is 0.899. The van der Waals surface area contributed by atoms with Gasteiger partial charge in [0.05, 0.1) is 6.54 Å².